The van der Waals surface area contributed by atoms with E-state index < -0.39 is 0 Å². The van der Waals surface area contributed by atoms with Crippen LogP contribution < -0.4 is 5.32 Å². The second kappa shape index (κ2) is 6.49. The summed E-state index contributed by atoms with van der Waals surface area (Å²) in [6.45, 7) is 2.23. The molecule has 0 aliphatic rings. The molecule has 0 radical (unpaired) electrons. The van der Waals surface area contributed by atoms with Gasteiger partial charge in [0.25, 0.3) is 0 Å². The van der Waals surface area contributed by atoms with Gasteiger partial charge in [-0.2, -0.15) is 12.6 Å². The normalized spacial score (nSPS) is 12.6. The average Bonchev–Trinajstić information content (AvgIpc) is 2.00. The molecule has 11 heavy (non-hydrogen) atoms. The summed E-state index contributed by atoms with van der Waals surface area (Å²) in [5.41, 5.74) is 0. The molecule has 66 valence electrons. The van der Waals surface area contributed by atoms with Crippen molar-refractivity contribution in [2.24, 2.45) is 0 Å². The maximum atomic E-state index is 11.0. The topological polar surface area (TPSA) is 38.3 Å². The minimum absolute atomic E-state index is 0.191. The molecule has 0 spiro atoms. The zero-order chi connectivity index (χ0) is 8.69. The molecule has 4 heteroatoms. The highest BCUT2D eigenvalue weighted by molar-refractivity contribution is 7.80. The van der Waals surface area contributed by atoms with Crippen molar-refractivity contribution in [1.82, 2.24) is 5.32 Å². The van der Waals surface area contributed by atoms with Crippen LogP contribution in [0.15, 0.2) is 0 Å². The minimum Gasteiger partial charge on any atom is -0.465 e. The van der Waals surface area contributed by atoms with Crippen LogP contribution in [0.5, 0.6) is 0 Å². The Balaban J connectivity index is 3.71. The molecule has 0 bridgehead atoms. The van der Waals surface area contributed by atoms with E-state index in [2.05, 4.69) is 17.9 Å². The van der Waals surface area contributed by atoms with Crippen molar-refractivity contribution < 1.29 is 9.53 Å². The Hall–Kier alpha value is -0.220. The third kappa shape index (κ3) is 4.27. The number of ether oxygens (including phenoxy) is 1. The molecule has 0 unspecified atom stereocenters. The lowest BCUT2D eigenvalue weighted by Gasteiger charge is -2.12. The lowest BCUT2D eigenvalue weighted by atomic mass is 10.2. The van der Waals surface area contributed by atoms with Crippen molar-refractivity contribution in [3.8, 4) is 0 Å². The minimum atomic E-state index is -0.201. The third-order valence-corrected chi connectivity index (χ3v) is 1.60. The fourth-order valence-electron chi connectivity index (χ4n) is 0.752. The van der Waals surface area contributed by atoms with Gasteiger partial charge in [0.05, 0.1) is 6.61 Å². The number of carbonyl (C=O) groups excluding carboxylic acids is 1. The molecule has 0 aromatic heterocycles. The SMILES string of the molecule is CCOC(=O)[C@H](CCS)NC. The highest BCUT2D eigenvalue weighted by Gasteiger charge is 2.15. The summed E-state index contributed by atoms with van der Waals surface area (Å²) in [6, 6.07) is -0.201. The fourth-order valence-corrected chi connectivity index (χ4v) is 1.01. The Morgan fingerprint density at radius 3 is 2.73 bits per heavy atom. The van der Waals surface area contributed by atoms with E-state index in [-0.39, 0.29) is 12.0 Å². The predicted octanol–water partition coefficient (Wildman–Crippen LogP) is 0.457. The van der Waals surface area contributed by atoms with Gasteiger partial charge in [0.2, 0.25) is 0 Å². The monoisotopic (exact) mass is 177 g/mol. The van der Waals surface area contributed by atoms with Crippen LogP contribution in [0, 0.1) is 0 Å². The van der Waals surface area contributed by atoms with E-state index in [9.17, 15) is 4.79 Å². The van der Waals surface area contributed by atoms with Crippen LogP contribution in [0.25, 0.3) is 0 Å². The number of rotatable bonds is 5. The Labute approximate surface area is 72.9 Å². The molecule has 1 atom stereocenters. The highest BCUT2D eigenvalue weighted by Crippen LogP contribution is 1.96. The van der Waals surface area contributed by atoms with Crippen LogP contribution in [0.2, 0.25) is 0 Å². The number of likely N-dealkylation sites (N-methyl/N-ethyl adjacent to an activating group) is 1. The van der Waals surface area contributed by atoms with Gasteiger partial charge < -0.3 is 10.1 Å². The van der Waals surface area contributed by atoms with Gasteiger partial charge in [0.15, 0.2) is 0 Å². The Kier molecular flexibility index (Phi) is 6.36. The first kappa shape index (κ1) is 10.8. The van der Waals surface area contributed by atoms with Gasteiger partial charge in [-0.1, -0.05) is 0 Å². The molecule has 0 aromatic carbocycles. The fraction of sp³-hybridized carbons (Fsp3) is 0.857. The summed E-state index contributed by atoms with van der Waals surface area (Å²) < 4.78 is 4.81. The number of hydrogen-bond donors (Lipinski definition) is 2. The largest absolute Gasteiger partial charge is 0.465 e. The molecule has 0 saturated heterocycles. The molecule has 0 amide bonds. The molecule has 0 aliphatic heterocycles. The molecule has 0 fully saturated rings. The van der Waals surface area contributed by atoms with Gasteiger partial charge in [-0.25, -0.2) is 0 Å². The number of nitrogens with one attached hydrogen (secondary N) is 1. The van der Waals surface area contributed by atoms with Crippen molar-refractivity contribution >= 4 is 18.6 Å². The number of thiol groups is 1. The maximum Gasteiger partial charge on any atom is 0.323 e. The van der Waals surface area contributed by atoms with E-state index in [0.717, 1.165) is 0 Å². The first-order chi connectivity index (χ1) is 5.26. The molecule has 0 rings (SSSR count). The van der Waals surface area contributed by atoms with Crippen LogP contribution in [-0.2, 0) is 9.53 Å². The summed E-state index contributed by atoms with van der Waals surface area (Å²) in [5, 5.41) is 2.86. The number of carbonyl (C=O) groups is 1. The lowest BCUT2D eigenvalue weighted by molar-refractivity contribution is -0.145. The Morgan fingerprint density at radius 1 is 1.73 bits per heavy atom. The van der Waals surface area contributed by atoms with E-state index in [4.69, 9.17) is 4.74 Å². The van der Waals surface area contributed by atoms with Gasteiger partial charge in [-0.15, -0.1) is 0 Å². The predicted molar refractivity (Wildman–Crippen MR) is 48.0 cm³/mol. The van der Waals surface area contributed by atoms with Gasteiger partial charge in [-0.05, 0) is 26.1 Å². The van der Waals surface area contributed by atoms with Crippen molar-refractivity contribution in [3.05, 3.63) is 0 Å². The van der Waals surface area contributed by atoms with Crippen molar-refractivity contribution in [3.63, 3.8) is 0 Å². The number of hydrogen-bond acceptors (Lipinski definition) is 4. The average molecular weight is 177 g/mol. The van der Waals surface area contributed by atoms with Crippen LogP contribution in [0.3, 0.4) is 0 Å². The zero-order valence-corrected chi connectivity index (χ0v) is 7.86. The molecule has 0 saturated carbocycles. The van der Waals surface area contributed by atoms with Gasteiger partial charge in [-0.3, -0.25) is 4.79 Å². The third-order valence-electron chi connectivity index (χ3n) is 1.34. The summed E-state index contributed by atoms with van der Waals surface area (Å²) in [5.74, 6) is 0.494. The first-order valence-corrected chi connectivity index (χ1v) is 4.34. The summed E-state index contributed by atoms with van der Waals surface area (Å²) in [4.78, 5) is 11.0. The zero-order valence-electron chi connectivity index (χ0n) is 6.96. The van der Waals surface area contributed by atoms with Gasteiger partial charge >= 0.3 is 5.97 Å². The molecular weight excluding hydrogens is 162 g/mol. The van der Waals surface area contributed by atoms with Crippen molar-refractivity contribution in [1.29, 1.82) is 0 Å². The second-order valence-electron chi connectivity index (χ2n) is 2.11. The summed E-state index contributed by atoms with van der Waals surface area (Å²) in [6.07, 6.45) is 0.707. The van der Waals surface area contributed by atoms with Crippen LogP contribution in [-0.4, -0.2) is 31.4 Å². The van der Waals surface area contributed by atoms with Crippen LogP contribution in [0.1, 0.15) is 13.3 Å². The second-order valence-corrected chi connectivity index (χ2v) is 2.55. The van der Waals surface area contributed by atoms with Gasteiger partial charge in [0, 0.05) is 0 Å². The molecule has 0 heterocycles. The van der Waals surface area contributed by atoms with Crippen LogP contribution in [0.4, 0.5) is 0 Å². The quantitative estimate of drug-likeness (QED) is 0.473. The highest BCUT2D eigenvalue weighted by atomic mass is 32.1. The van der Waals surface area contributed by atoms with E-state index in [1.54, 1.807) is 14.0 Å². The summed E-state index contributed by atoms with van der Waals surface area (Å²) in [7, 11) is 1.74. The van der Waals surface area contributed by atoms with E-state index in [1.807, 2.05) is 0 Å². The Bertz CT molecular complexity index is 119. The molecule has 0 aliphatic carbocycles. The summed E-state index contributed by atoms with van der Waals surface area (Å²) >= 11 is 4.03. The van der Waals surface area contributed by atoms with E-state index >= 15 is 0 Å². The van der Waals surface area contributed by atoms with Crippen molar-refractivity contribution in [2.75, 3.05) is 19.4 Å². The van der Waals surface area contributed by atoms with E-state index in [0.29, 0.717) is 18.8 Å². The van der Waals surface area contributed by atoms with Gasteiger partial charge in [0.1, 0.15) is 6.04 Å². The van der Waals surface area contributed by atoms with E-state index in [1.165, 1.54) is 0 Å². The molecule has 3 nitrogen and oxygen atoms in total. The van der Waals surface area contributed by atoms with Crippen molar-refractivity contribution in [2.45, 2.75) is 19.4 Å². The smallest absolute Gasteiger partial charge is 0.323 e. The lowest BCUT2D eigenvalue weighted by Crippen LogP contribution is -2.35. The molecular formula is C7H15NO2S. The molecule has 1 N–H and O–H groups in total. The Morgan fingerprint density at radius 2 is 2.36 bits per heavy atom. The maximum absolute atomic E-state index is 11.0. The molecule has 0 aromatic rings. The number of esters is 1. The standard InChI is InChI=1S/C7H15NO2S/c1-3-10-7(9)6(8-2)4-5-11/h6,8,11H,3-5H2,1-2H3/t6-/m0/s1. The van der Waals surface area contributed by atoms with Crippen LogP contribution >= 0.6 is 12.6 Å². The first-order valence-electron chi connectivity index (χ1n) is 3.71.